The van der Waals surface area contributed by atoms with Gasteiger partial charge in [0.2, 0.25) is 0 Å². The van der Waals surface area contributed by atoms with Gasteiger partial charge in [0, 0.05) is 22.7 Å². The SMILES string of the molecule is CN(CCNC(=O)Nc1ccc(I)cc1C(=O)O)C1CC1. The number of carbonyl (C=O) groups is 2. The number of likely N-dealkylation sites (N-methyl/N-ethyl adjacent to an activating group) is 1. The summed E-state index contributed by atoms with van der Waals surface area (Å²) in [5, 5.41) is 14.5. The molecule has 7 heteroatoms. The summed E-state index contributed by atoms with van der Waals surface area (Å²) < 4.78 is 0.807. The lowest BCUT2D eigenvalue weighted by Gasteiger charge is -2.16. The molecule has 2 amide bonds. The van der Waals surface area contributed by atoms with E-state index in [0.29, 0.717) is 18.3 Å². The van der Waals surface area contributed by atoms with Crippen molar-refractivity contribution in [2.75, 3.05) is 25.5 Å². The highest BCUT2D eigenvalue weighted by Crippen LogP contribution is 2.24. The molecule has 3 N–H and O–H groups in total. The van der Waals surface area contributed by atoms with Crippen molar-refractivity contribution in [2.24, 2.45) is 0 Å². The van der Waals surface area contributed by atoms with Crippen LogP contribution in [-0.2, 0) is 0 Å². The number of nitrogens with zero attached hydrogens (tertiary/aromatic N) is 1. The quantitative estimate of drug-likeness (QED) is 0.637. The Kier molecular flexibility index (Phi) is 5.40. The lowest BCUT2D eigenvalue weighted by molar-refractivity contribution is 0.0698. The summed E-state index contributed by atoms with van der Waals surface area (Å²) >= 11 is 2.03. The third-order valence-corrected chi connectivity index (χ3v) is 4.05. The minimum absolute atomic E-state index is 0.0900. The number of nitrogens with one attached hydrogen (secondary N) is 2. The van der Waals surface area contributed by atoms with E-state index in [1.54, 1.807) is 12.1 Å². The molecule has 1 aromatic carbocycles. The van der Waals surface area contributed by atoms with Crippen LogP contribution in [0, 0.1) is 3.57 Å². The standard InChI is InChI=1S/C14H18IN3O3/c1-18(10-3-4-10)7-6-16-14(21)17-12-5-2-9(15)8-11(12)13(19)20/h2,5,8,10H,3-4,6-7H2,1H3,(H,19,20)(H2,16,17,21). The van der Waals surface area contributed by atoms with Crippen molar-refractivity contribution >= 4 is 40.3 Å². The Bertz CT molecular complexity index is 546. The van der Waals surface area contributed by atoms with Gasteiger partial charge in [0.1, 0.15) is 0 Å². The van der Waals surface area contributed by atoms with Crippen molar-refractivity contribution in [1.29, 1.82) is 0 Å². The van der Waals surface area contributed by atoms with E-state index >= 15 is 0 Å². The van der Waals surface area contributed by atoms with E-state index in [1.807, 2.05) is 29.6 Å². The molecule has 6 nitrogen and oxygen atoms in total. The minimum atomic E-state index is -1.06. The predicted octanol–water partition coefficient (Wildman–Crippen LogP) is 2.21. The van der Waals surface area contributed by atoms with Gasteiger partial charge in [0.15, 0.2) is 0 Å². The second-order valence-corrected chi connectivity index (χ2v) is 6.33. The molecule has 21 heavy (non-hydrogen) atoms. The average molecular weight is 403 g/mol. The number of hydrogen-bond donors (Lipinski definition) is 3. The van der Waals surface area contributed by atoms with Gasteiger partial charge in [-0.15, -0.1) is 0 Å². The second-order valence-electron chi connectivity index (χ2n) is 5.09. The van der Waals surface area contributed by atoms with Crippen molar-refractivity contribution < 1.29 is 14.7 Å². The van der Waals surface area contributed by atoms with E-state index in [2.05, 4.69) is 15.5 Å². The van der Waals surface area contributed by atoms with Crippen LogP contribution in [0.5, 0.6) is 0 Å². The maximum atomic E-state index is 11.8. The lowest BCUT2D eigenvalue weighted by atomic mass is 10.2. The number of anilines is 1. The zero-order chi connectivity index (χ0) is 15.4. The number of benzene rings is 1. The van der Waals surface area contributed by atoms with Crippen molar-refractivity contribution in [2.45, 2.75) is 18.9 Å². The molecule has 0 radical (unpaired) electrons. The maximum absolute atomic E-state index is 11.8. The Morgan fingerprint density at radius 2 is 2.14 bits per heavy atom. The molecule has 1 aromatic rings. The number of carboxylic acid groups (broad SMARTS) is 1. The number of rotatable bonds is 6. The molecule has 1 aliphatic carbocycles. The van der Waals surface area contributed by atoms with Crippen molar-refractivity contribution in [3.8, 4) is 0 Å². The molecule has 0 aromatic heterocycles. The van der Waals surface area contributed by atoms with Gasteiger partial charge in [-0.05, 0) is 60.7 Å². The third-order valence-electron chi connectivity index (χ3n) is 3.38. The average Bonchev–Trinajstić information content (AvgIpc) is 3.25. The Morgan fingerprint density at radius 3 is 2.76 bits per heavy atom. The zero-order valence-electron chi connectivity index (χ0n) is 11.7. The summed E-state index contributed by atoms with van der Waals surface area (Å²) in [5.41, 5.74) is 0.392. The molecule has 1 fully saturated rings. The lowest BCUT2D eigenvalue weighted by Crippen LogP contribution is -2.36. The molecule has 1 saturated carbocycles. The molecule has 0 unspecified atom stereocenters. The largest absolute Gasteiger partial charge is 0.478 e. The highest BCUT2D eigenvalue weighted by molar-refractivity contribution is 14.1. The van der Waals surface area contributed by atoms with Gasteiger partial charge in [0.25, 0.3) is 0 Å². The molecule has 114 valence electrons. The van der Waals surface area contributed by atoms with Crippen LogP contribution < -0.4 is 10.6 Å². The van der Waals surface area contributed by atoms with Crippen LogP contribution in [0.2, 0.25) is 0 Å². The summed E-state index contributed by atoms with van der Waals surface area (Å²) in [6.07, 6.45) is 2.46. The molecule has 2 rings (SSSR count). The number of urea groups is 1. The fourth-order valence-electron chi connectivity index (χ4n) is 2.01. The molecule has 0 spiro atoms. The number of carbonyl (C=O) groups excluding carboxylic acids is 1. The molecule has 0 atom stereocenters. The summed E-state index contributed by atoms with van der Waals surface area (Å²) in [4.78, 5) is 25.2. The number of aromatic carboxylic acids is 1. The van der Waals surface area contributed by atoms with Crippen molar-refractivity contribution in [1.82, 2.24) is 10.2 Å². The highest BCUT2D eigenvalue weighted by atomic mass is 127. The molecule has 0 aliphatic heterocycles. The fraction of sp³-hybridized carbons (Fsp3) is 0.429. The summed E-state index contributed by atoms with van der Waals surface area (Å²) in [7, 11) is 2.04. The van der Waals surface area contributed by atoms with Crippen LogP contribution in [0.3, 0.4) is 0 Å². The van der Waals surface area contributed by atoms with Crippen LogP contribution >= 0.6 is 22.6 Å². The first-order chi connectivity index (χ1) is 9.97. The van der Waals surface area contributed by atoms with Crippen molar-refractivity contribution in [3.63, 3.8) is 0 Å². The van der Waals surface area contributed by atoms with E-state index in [4.69, 9.17) is 5.11 Å². The minimum Gasteiger partial charge on any atom is -0.478 e. The molecule has 0 heterocycles. The van der Waals surface area contributed by atoms with Gasteiger partial charge >= 0.3 is 12.0 Å². The zero-order valence-corrected chi connectivity index (χ0v) is 13.9. The van der Waals surface area contributed by atoms with Gasteiger partial charge in [0.05, 0.1) is 11.3 Å². The Hall–Kier alpha value is -1.35. The van der Waals surface area contributed by atoms with Crippen LogP contribution in [0.15, 0.2) is 18.2 Å². The van der Waals surface area contributed by atoms with Gasteiger partial charge in [-0.3, -0.25) is 0 Å². The van der Waals surface area contributed by atoms with Gasteiger partial charge in [-0.1, -0.05) is 0 Å². The molecule has 0 bridgehead atoms. The molecule has 0 saturated heterocycles. The number of halogens is 1. The van der Waals surface area contributed by atoms with E-state index in [1.165, 1.54) is 18.9 Å². The second kappa shape index (κ2) is 7.08. The number of hydrogen-bond acceptors (Lipinski definition) is 3. The highest BCUT2D eigenvalue weighted by Gasteiger charge is 2.25. The molecular weight excluding hydrogens is 385 g/mol. The predicted molar refractivity (Wildman–Crippen MR) is 88.8 cm³/mol. The van der Waals surface area contributed by atoms with Gasteiger partial charge in [-0.25, -0.2) is 9.59 Å². The Balaban J connectivity index is 1.85. The van der Waals surface area contributed by atoms with Crippen LogP contribution in [0.1, 0.15) is 23.2 Å². The summed E-state index contributed by atoms with van der Waals surface area (Å²) in [5.74, 6) is -1.06. The Labute approximate surface area is 137 Å². The third kappa shape index (κ3) is 4.85. The monoisotopic (exact) mass is 403 g/mol. The topological polar surface area (TPSA) is 81.7 Å². The van der Waals surface area contributed by atoms with E-state index in [0.717, 1.165) is 10.1 Å². The summed E-state index contributed by atoms with van der Waals surface area (Å²) in [6, 6.07) is 5.15. The normalized spacial score (nSPS) is 14.0. The first kappa shape index (κ1) is 16.0. The molecular formula is C14H18IN3O3. The van der Waals surface area contributed by atoms with E-state index < -0.39 is 5.97 Å². The summed E-state index contributed by atoms with van der Waals surface area (Å²) in [6.45, 7) is 1.32. The maximum Gasteiger partial charge on any atom is 0.337 e. The first-order valence-corrected chi connectivity index (χ1v) is 7.83. The number of carboxylic acids is 1. The van der Waals surface area contributed by atoms with E-state index in [-0.39, 0.29) is 11.6 Å². The first-order valence-electron chi connectivity index (χ1n) is 6.75. The van der Waals surface area contributed by atoms with Crippen molar-refractivity contribution in [3.05, 3.63) is 27.3 Å². The van der Waals surface area contributed by atoms with Crippen LogP contribution in [0.25, 0.3) is 0 Å². The van der Waals surface area contributed by atoms with Crippen LogP contribution in [-0.4, -0.2) is 48.2 Å². The fourth-order valence-corrected chi connectivity index (χ4v) is 2.50. The molecule has 1 aliphatic rings. The smallest absolute Gasteiger partial charge is 0.337 e. The van der Waals surface area contributed by atoms with Gasteiger partial charge in [-0.2, -0.15) is 0 Å². The Morgan fingerprint density at radius 1 is 1.43 bits per heavy atom. The van der Waals surface area contributed by atoms with Gasteiger partial charge < -0.3 is 20.6 Å². The van der Waals surface area contributed by atoms with Crippen LogP contribution in [0.4, 0.5) is 10.5 Å². The number of amides is 2. The van der Waals surface area contributed by atoms with E-state index in [9.17, 15) is 9.59 Å².